The summed E-state index contributed by atoms with van der Waals surface area (Å²) in [6.45, 7) is 7.63. The molecule has 8 aromatic rings. The highest BCUT2D eigenvalue weighted by molar-refractivity contribution is 7.86. The molecule has 4 aromatic carbocycles. The van der Waals surface area contributed by atoms with Crippen LogP contribution >= 0.6 is 0 Å². The molecule has 0 aliphatic rings. The second-order valence-electron chi connectivity index (χ2n) is 22.0. The average molecular weight is 1250 g/mol. The molecule has 0 bridgehead atoms. The number of ether oxygens (including phenoxy) is 4. The Balaban J connectivity index is 0.000000285. The van der Waals surface area contributed by atoms with E-state index in [9.17, 15) is 26.4 Å². The Bertz CT molecular complexity index is 3910. The van der Waals surface area contributed by atoms with Crippen molar-refractivity contribution in [3.8, 4) is 23.0 Å². The van der Waals surface area contributed by atoms with E-state index in [2.05, 4.69) is 68.6 Å². The highest BCUT2D eigenvalue weighted by Gasteiger charge is 2.23. The van der Waals surface area contributed by atoms with Crippen LogP contribution in [0.3, 0.4) is 0 Å². The number of nitrogen functional groups attached to an aromatic ring is 1. The second-order valence-corrected chi connectivity index (χ2v) is 25.0. The maximum atomic E-state index is 12.2. The average Bonchev–Trinajstić information content (AvgIpc) is 1.81. The number of pyridine rings is 2. The molecule has 10 N–H and O–H groups in total. The molecule has 0 spiro atoms. The van der Waals surface area contributed by atoms with Crippen molar-refractivity contribution < 1.29 is 54.5 Å². The highest BCUT2D eigenvalue weighted by atomic mass is 32.2. The third-order valence-electron chi connectivity index (χ3n) is 15.2. The van der Waals surface area contributed by atoms with Gasteiger partial charge in [-0.2, -0.15) is 16.8 Å². The topological polar surface area (TPSA) is 340 Å². The molecule has 23 nitrogen and oxygen atoms in total. The first-order valence-corrected chi connectivity index (χ1v) is 33.1. The number of H-pyrrole nitrogens is 1. The van der Waals surface area contributed by atoms with E-state index in [1.807, 2.05) is 48.5 Å². The van der Waals surface area contributed by atoms with Crippen LogP contribution in [0.1, 0.15) is 119 Å². The number of aromatic amines is 1. The zero-order chi connectivity index (χ0) is 63.5. The quantitative estimate of drug-likeness (QED) is 0.0140. The molecule has 2 atom stereocenters. The zero-order valence-electron chi connectivity index (χ0n) is 51.4. The van der Waals surface area contributed by atoms with Crippen molar-refractivity contribution in [3.63, 3.8) is 0 Å². The monoisotopic (exact) mass is 1250 g/mol. The van der Waals surface area contributed by atoms with Crippen LogP contribution in [0.5, 0.6) is 23.0 Å². The molecule has 4 aromatic heterocycles. The number of carbonyl (C=O) groups excluding carboxylic acids is 2. The Labute approximate surface area is 515 Å². The number of nitrogens with one attached hydrogen (secondary N) is 4. The molecule has 0 aliphatic heterocycles. The lowest BCUT2D eigenvalue weighted by Gasteiger charge is -2.16. The lowest BCUT2D eigenvalue weighted by Crippen LogP contribution is -2.45. The number of amides is 2. The fourth-order valence-electron chi connectivity index (χ4n) is 10.4. The number of carbonyl (C=O) groups is 2. The molecular weight excluding hydrogens is 1170 g/mol. The van der Waals surface area contributed by atoms with Crippen LogP contribution in [0.15, 0.2) is 72.8 Å². The summed E-state index contributed by atoms with van der Waals surface area (Å²) in [5.41, 5.74) is 21.0. The number of aromatic nitrogens is 6. The smallest absolute Gasteiger partial charge is 0.266 e. The third kappa shape index (κ3) is 18.8. The number of rotatable bonds is 33. The SMILES string of the molecule is CCCCc1nc2c(NCc3ccc(OC)cc3OC)nc3cc(CCCCCNC(=O)[C@@H](C)CS(=O)(=O)O)ccc3c2n1Cc1ccc(OC)cc1OC.CCCCc1nc2c([nH]1)c(N)nc1cc(CCCCCNC(=O)[C@@H](N)CS(=O)(=O)O)ccc12. The van der Waals surface area contributed by atoms with Crippen LogP contribution in [-0.2, 0) is 68.6 Å². The molecule has 2 amide bonds. The van der Waals surface area contributed by atoms with Gasteiger partial charge in [0.15, 0.2) is 5.82 Å². The van der Waals surface area contributed by atoms with Gasteiger partial charge in [-0.3, -0.25) is 18.7 Å². The van der Waals surface area contributed by atoms with Crippen molar-refractivity contribution in [2.24, 2.45) is 11.7 Å². The second kappa shape index (κ2) is 31.9. The van der Waals surface area contributed by atoms with Crippen LogP contribution in [0.2, 0.25) is 0 Å². The Kier molecular flexibility index (Phi) is 24.5. The molecule has 0 unspecified atom stereocenters. The molecule has 476 valence electrons. The van der Waals surface area contributed by atoms with Crippen molar-refractivity contribution in [1.82, 2.24) is 40.1 Å². The van der Waals surface area contributed by atoms with Crippen molar-refractivity contribution in [2.45, 2.75) is 130 Å². The van der Waals surface area contributed by atoms with E-state index in [1.54, 1.807) is 28.4 Å². The normalized spacial score (nSPS) is 12.4. The standard InChI is InChI=1S/C41H53N5O8S.C22H32N6O4S/c1-7-8-13-37-45-38-39(46(37)25-30-16-18-32(52-4)23-36(30)54-6)33-19-14-28(12-10-9-11-20-42-41(47)27(2)26-55(48,49)50)21-34(33)44-40(38)43-24-29-15-17-31(51-3)22-35(29)53-5;1-2-3-8-18-27-19-15-10-9-14(12-17(15)26-21(24)20(19)28-18)7-5-4-6-11-25-22(29)16(23)13-33(30,31)32/h14-19,21-23,27H,7-13,20,24-26H2,1-6H3,(H,42,47)(H,43,44)(H,48,49,50);9-10,12,16H,2-8,11,13,23H2,1H3,(H2,24,26)(H,25,29)(H,27,28)(H,30,31,32)/t27-;16-/m00/s1. The van der Waals surface area contributed by atoms with Gasteiger partial charge < -0.3 is 55.9 Å². The summed E-state index contributed by atoms with van der Waals surface area (Å²) in [5, 5.41) is 10.9. The first-order chi connectivity index (χ1) is 42.1. The van der Waals surface area contributed by atoms with Gasteiger partial charge in [0.2, 0.25) is 11.8 Å². The maximum absolute atomic E-state index is 12.2. The maximum Gasteiger partial charge on any atom is 0.266 e. The van der Waals surface area contributed by atoms with Gasteiger partial charge in [0.05, 0.1) is 69.0 Å². The fourth-order valence-corrected chi connectivity index (χ4v) is 11.8. The summed E-state index contributed by atoms with van der Waals surface area (Å²) in [6, 6.07) is 23.0. The zero-order valence-corrected chi connectivity index (χ0v) is 53.0. The van der Waals surface area contributed by atoms with E-state index in [4.69, 9.17) is 54.5 Å². The minimum atomic E-state index is -4.28. The van der Waals surface area contributed by atoms with Crippen molar-refractivity contribution in [3.05, 3.63) is 107 Å². The minimum absolute atomic E-state index is 0.387. The highest BCUT2D eigenvalue weighted by Crippen LogP contribution is 2.36. The van der Waals surface area contributed by atoms with E-state index in [0.717, 1.165) is 179 Å². The first kappa shape index (κ1) is 67.7. The Morgan fingerprint density at radius 1 is 0.625 bits per heavy atom. The number of methoxy groups -OCH3 is 4. The van der Waals surface area contributed by atoms with E-state index < -0.39 is 49.6 Å². The lowest BCUT2D eigenvalue weighted by molar-refractivity contribution is -0.124. The third-order valence-corrected chi connectivity index (χ3v) is 16.9. The van der Waals surface area contributed by atoms with Gasteiger partial charge in [-0.05, 0) is 98.9 Å². The van der Waals surface area contributed by atoms with E-state index in [1.165, 1.54) is 6.92 Å². The van der Waals surface area contributed by atoms with Crippen LogP contribution < -0.4 is 46.4 Å². The lowest BCUT2D eigenvalue weighted by atomic mass is 10.0. The number of imidazole rings is 2. The predicted octanol–water partition coefficient (Wildman–Crippen LogP) is 9.05. The number of aryl methyl sites for hydroxylation is 4. The molecule has 88 heavy (non-hydrogen) atoms. The molecule has 0 fully saturated rings. The van der Waals surface area contributed by atoms with Crippen molar-refractivity contribution in [2.75, 3.05) is 64.1 Å². The van der Waals surface area contributed by atoms with Gasteiger partial charge in [-0.25, -0.2) is 19.9 Å². The summed E-state index contributed by atoms with van der Waals surface area (Å²) in [6.07, 6.45) is 12.6. The summed E-state index contributed by atoms with van der Waals surface area (Å²) < 4.78 is 86.3. The van der Waals surface area contributed by atoms with Gasteiger partial charge in [-0.15, -0.1) is 0 Å². The van der Waals surface area contributed by atoms with Crippen LogP contribution in [-0.4, -0.2) is 126 Å². The van der Waals surface area contributed by atoms with Gasteiger partial charge in [0.1, 0.15) is 63.1 Å². The summed E-state index contributed by atoms with van der Waals surface area (Å²) in [7, 11) is -1.90. The largest absolute Gasteiger partial charge is 0.497 e. The molecular formula is C63H85N11O12S2. The molecule has 0 saturated heterocycles. The number of fused-ring (bicyclic) bond motifs is 6. The van der Waals surface area contributed by atoms with Crippen molar-refractivity contribution in [1.29, 1.82) is 0 Å². The number of benzene rings is 4. The molecule has 0 aliphatic carbocycles. The fraction of sp³-hybridized carbons (Fsp3) is 0.460. The number of unbranched alkanes of at least 4 members (excludes halogenated alkanes) is 6. The Hall–Kier alpha value is -7.84. The summed E-state index contributed by atoms with van der Waals surface area (Å²) in [5.74, 6) is 2.73. The molecule has 4 heterocycles. The van der Waals surface area contributed by atoms with Crippen LogP contribution in [0.4, 0.5) is 11.6 Å². The summed E-state index contributed by atoms with van der Waals surface area (Å²) >= 11 is 0. The molecule has 25 heteroatoms. The minimum Gasteiger partial charge on any atom is -0.497 e. The van der Waals surface area contributed by atoms with Gasteiger partial charge in [0.25, 0.3) is 20.2 Å². The number of anilines is 2. The van der Waals surface area contributed by atoms with E-state index in [-0.39, 0.29) is 5.91 Å². The van der Waals surface area contributed by atoms with E-state index >= 15 is 0 Å². The van der Waals surface area contributed by atoms with Gasteiger partial charge in [0, 0.05) is 66.5 Å². The number of hydrogen-bond acceptors (Lipinski definition) is 17. The molecule has 8 rings (SSSR count). The number of hydrogen-bond donors (Lipinski definition) is 8. The molecule has 0 saturated carbocycles. The number of nitrogens with two attached hydrogens (primary N) is 2. The summed E-state index contributed by atoms with van der Waals surface area (Å²) in [4.78, 5) is 47.0. The Morgan fingerprint density at radius 2 is 1.19 bits per heavy atom. The predicted molar refractivity (Wildman–Crippen MR) is 345 cm³/mol. The first-order valence-electron chi connectivity index (χ1n) is 29.9. The van der Waals surface area contributed by atoms with Crippen LogP contribution in [0, 0.1) is 5.92 Å². The van der Waals surface area contributed by atoms with E-state index in [0.29, 0.717) is 49.3 Å². The Morgan fingerprint density at radius 3 is 1.78 bits per heavy atom. The van der Waals surface area contributed by atoms with Gasteiger partial charge >= 0.3 is 0 Å². The van der Waals surface area contributed by atoms with Gasteiger partial charge in [-0.1, -0.05) is 70.7 Å². The van der Waals surface area contributed by atoms with Crippen LogP contribution in [0.25, 0.3) is 43.9 Å². The molecule has 0 radical (unpaired) electrons. The van der Waals surface area contributed by atoms with Crippen molar-refractivity contribution >= 4 is 87.6 Å². The number of nitrogens with zero attached hydrogens (tertiary/aromatic N) is 5.